The molecule has 0 saturated heterocycles. The number of fused-ring (bicyclic) bond motifs is 1. The van der Waals surface area contributed by atoms with E-state index in [1.807, 2.05) is 18.2 Å². The summed E-state index contributed by atoms with van der Waals surface area (Å²) < 4.78 is 49.5. The summed E-state index contributed by atoms with van der Waals surface area (Å²) in [6.45, 7) is 0.986. The minimum atomic E-state index is -4.45. The Morgan fingerprint density at radius 2 is 1.97 bits per heavy atom. The second kappa shape index (κ2) is 8.73. The zero-order valence-electron chi connectivity index (χ0n) is 16.3. The Bertz CT molecular complexity index is 870. The molecule has 3 rings (SSSR count). The summed E-state index contributed by atoms with van der Waals surface area (Å²) in [5.41, 5.74) is 1.73. The molecule has 0 spiro atoms. The lowest BCUT2D eigenvalue weighted by molar-refractivity contribution is -0.137. The number of carbonyl (C=O) groups excluding carboxylic acids is 1. The predicted octanol–water partition coefficient (Wildman–Crippen LogP) is 4.17. The Labute approximate surface area is 167 Å². The first kappa shape index (κ1) is 21.0. The fourth-order valence-corrected chi connectivity index (χ4v) is 3.39. The van der Waals surface area contributed by atoms with E-state index in [1.54, 1.807) is 18.1 Å². The van der Waals surface area contributed by atoms with Crippen molar-refractivity contribution in [2.24, 2.45) is 0 Å². The predicted molar refractivity (Wildman–Crippen MR) is 102 cm³/mol. The van der Waals surface area contributed by atoms with Gasteiger partial charge in [0, 0.05) is 20.2 Å². The lowest BCUT2D eigenvalue weighted by Gasteiger charge is -2.31. The highest BCUT2D eigenvalue weighted by Crippen LogP contribution is 2.31. The van der Waals surface area contributed by atoms with Crippen LogP contribution in [0.4, 0.5) is 18.0 Å². The number of nitrogens with one attached hydrogen (secondary N) is 1. The topological polar surface area (TPSA) is 50.8 Å². The molecule has 2 aromatic carbocycles. The van der Waals surface area contributed by atoms with Gasteiger partial charge >= 0.3 is 12.2 Å². The van der Waals surface area contributed by atoms with Gasteiger partial charge < -0.3 is 19.7 Å². The summed E-state index contributed by atoms with van der Waals surface area (Å²) in [4.78, 5) is 14.4. The third kappa shape index (κ3) is 5.00. The molecule has 1 unspecified atom stereocenters. The van der Waals surface area contributed by atoms with E-state index in [1.165, 1.54) is 13.2 Å². The number of ether oxygens (including phenoxy) is 2. The summed E-state index contributed by atoms with van der Waals surface area (Å²) >= 11 is 0. The molecule has 1 atom stereocenters. The summed E-state index contributed by atoms with van der Waals surface area (Å²) in [5, 5.41) is 2.81. The molecule has 1 aliphatic rings. The molecule has 0 aromatic heterocycles. The van der Waals surface area contributed by atoms with E-state index in [9.17, 15) is 18.0 Å². The average molecular weight is 408 g/mol. The maximum atomic E-state index is 13.0. The number of methoxy groups -OCH3 is 2. The number of urea groups is 1. The van der Waals surface area contributed by atoms with Crippen LogP contribution in [0, 0.1) is 0 Å². The SMILES string of the molecule is COCC(NC(=O)N1CCc2ccc(OC)cc2C1)c1cccc(C(F)(F)F)c1. The van der Waals surface area contributed by atoms with Crippen molar-refractivity contribution in [2.75, 3.05) is 27.4 Å². The molecule has 1 heterocycles. The maximum Gasteiger partial charge on any atom is 0.416 e. The van der Waals surface area contributed by atoms with E-state index in [2.05, 4.69) is 5.32 Å². The number of alkyl halides is 3. The van der Waals surface area contributed by atoms with Crippen molar-refractivity contribution >= 4 is 6.03 Å². The van der Waals surface area contributed by atoms with Gasteiger partial charge in [-0.1, -0.05) is 18.2 Å². The summed E-state index contributed by atoms with van der Waals surface area (Å²) in [6, 6.07) is 9.65. The molecule has 1 aliphatic heterocycles. The van der Waals surface area contributed by atoms with E-state index >= 15 is 0 Å². The Kier molecular flexibility index (Phi) is 6.32. The Morgan fingerprint density at radius 3 is 2.66 bits per heavy atom. The van der Waals surface area contributed by atoms with Crippen molar-refractivity contribution < 1.29 is 27.4 Å². The molecule has 0 aliphatic carbocycles. The van der Waals surface area contributed by atoms with Crippen LogP contribution >= 0.6 is 0 Å². The molecule has 8 heteroatoms. The van der Waals surface area contributed by atoms with Gasteiger partial charge in [0.2, 0.25) is 0 Å². The van der Waals surface area contributed by atoms with Crippen molar-refractivity contribution in [2.45, 2.75) is 25.2 Å². The maximum absolute atomic E-state index is 13.0. The van der Waals surface area contributed by atoms with E-state index in [4.69, 9.17) is 9.47 Å². The van der Waals surface area contributed by atoms with Gasteiger partial charge in [-0.15, -0.1) is 0 Å². The number of rotatable bonds is 5. The number of halogens is 3. The molecule has 0 fully saturated rings. The molecule has 1 N–H and O–H groups in total. The van der Waals surface area contributed by atoms with Gasteiger partial charge in [0.25, 0.3) is 0 Å². The van der Waals surface area contributed by atoms with Crippen LogP contribution < -0.4 is 10.1 Å². The second-order valence-electron chi connectivity index (χ2n) is 6.89. The van der Waals surface area contributed by atoms with Crippen LogP contribution in [0.2, 0.25) is 0 Å². The number of hydrogen-bond donors (Lipinski definition) is 1. The van der Waals surface area contributed by atoms with Gasteiger partial charge in [-0.2, -0.15) is 13.2 Å². The standard InChI is InChI=1S/C21H23F3N2O3/c1-28-13-19(15-4-3-5-17(10-15)21(22,23)24)25-20(27)26-9-8-14-6-7-18(29-2)11-16(14)12-26/h3-7,10-11,19H,8-9,12-13H2,1-2H3,(H,25,27). The third-order valence-electron chi connectivity index (χ3n) is 4.96. The minimum Gasteiger partial charge on any atom is -0.497 e. The van der Waals surface area contributed by atoms with Gasteiger partial charge in [0.05, 0.1) is 25.3 Å². The number of benzene rings is 2. The van der Waals surface area contributed by atoms with Crippen LogP contribution in [0.3, 0.4) is 0 Å². The van der Waals surface area contributed by atoms with Gasteiger partial charge in [0.15, 0.2) is 0 Å². The summed E-state index contributed by atoms with van der Waals surface area (Å²) in [6.07, 6.45) is -3.75. The molecular formula is C21H23F3N2O3. The van der Waals surface area contributed by atoms with Crippen molar-refractivity contribution in [3.8, 4) is 5.75 Å². The van der Waals surface area contributed by atoms with Gasteiger partial charge in [-0.3, -0.25) is 0 Å². The molecule has 29 heavy (non-hydrogen) atoms. The van der Waals surface area contributed by atoms with E-state index in [0.717, 1.165) is 23.3 Å². The second-order valence-corrected chi connectivity index (χ2v) is 6.89. The Balaban J connectivity index is 1.75. The van der Waals surface area contributed by atoms with Crippen molar-refractivity contribution in [3.63, 3.8) is 0 Å². The molecule has 156 valence electrons. The first-order chi connectivity index (χ1) is 13.8. The van der Waals surface area contributed by atoms with Crippen LogP contribution in [-0.2, 0) is 23.9 Å². The monoisotopic (exact) mass is 408 g/mol. The average Bonchev–Trinajstić information content (AvgIpc) is 2.72. The number of nitrogens with zero attached hydrogens (tertiary/aromatic N) is 1. The van der Waals surface area contributed by atoms with Crippen LogP contribution in [0.25, 0.3) is 0 Å². The molecule has 0 bridgehead atoms. The van der Waals surface area contributed by atoms with Crippen LogP contribution in [0.5, 0.6) is 5.75 Å². The summed E-state index contributed by atoms with van der Waals surface area (Å²) in [5.74, 6) is 0.715. The fraction of sp³-hybridized carbons (Fsp3) is 0.381. The highest BCUT2D eigenvalue weighted by Gasteiger charge is 2.31. The molecule has 5 nitrogen and oxygen atoms in total. The number of hydrogen-bond acceptors (Lipinski definition) is 3. The number of carbonyl (C=O) groups is 1. The molecule has 0 radical (unpaired) electrons. The lowest BCUT2D eigenvalue weighted by atomic mass is 9.99. The van der Waals surface area contributed by atoms with Crippen molar-refractivity contribution in [3.05, 3.63) is 64.7 Å². The van der Waals surface area contributed by atoms with Crippen LogP contribution in [0.1, 0.15) is 28.3 Å². The van der Waals surface area contributed by atoms with Crippen LogP contribution in [0.15, 0.2) is 42.5 Å². The quantitative estimate of drug-likeness (QED) is 0.808. The van der Waals surface area contributed by atoms with Gasteiger partial charge in [0.1, 0.15) is 5.75 Å². The van der Waals surface area contributed by atoms with Gasteiger partial charge in [-0.05, 0) is 47.4 Å². The smallest absolute Gasteiger partial charge is 0.416 e. The normalized spacial score (nSPS) is 14.9. The lowest BCUT2D eigenvalue weighted by Crippen LogP contribution is -2.45. The zero-order valence-corrected chi connectivity index (χ0v) is 16.3. The summed E-state index contributed by atoms with van der Waals surface area (Å²) in [7, 11) is 3.02. The van der Waals surface area contributed by atoms with Gasteiger partial charge in [-0.25, -0.2) is 4.79 Å². The Hall–Kier alpha value is -2.74. The van der Waals surface area contributed by atoms with E-state index in [-0.39, 0.29) is 12.6 Å². The molecular weight excluding hydrogens is 385 g/mol. The van der Waals surface area contributed by atoms with Crippen molar-refractivity contribution in [1.82, 2.24) is 10.2 Å². The minimum absolute atomic E-state index is 0.0608. The largest absolute Gasteiger partial charge is 0.497 e. The first-order valence-corrected chi connectivity index (χ1v) is 9.19. The first-order valence-electron chi connectivity index (χ1n) is 9.19. The van der Waals surface area contributed by atoms with E-state index in [0.29, 0.717) is 30.8 Å². The number of amides is 2. The fourth-order valence-electron chi connectivity index (χ4n) is 3.39. The zero-order chi connectivity index (χ0) is 21.0. The third-order valence-corrected chi connectivity index (χ3v) is 4.96. The van der Waals surface area contributed by atoms with Crippen LogP contribution in [-0.4, -0.2) is 38.3 Å². The van der Waals surface area contributed by atoms with Crippen molar-refractivity contribution in [1.29, 1.82) is 0 Å². The molecule has 0 saturated carbocycles. The Morgan fingerprint density at radius 1 is 1.17 bits per heavy atom. The molecule has 2 amide bonds. The highest BCUT2D eigenvalue weighted by atomic mass is 19.4. The highest BCUT2D eigenvalue weighted by molar-refractivity contribution is 5.75. The van der Waals surface area contributed by atoms with E-state index < -0.39 is 17.8 Å². The molecule has 2 aromatic rings.